The van der Waals surface area contributed by atoms with Crippen molar-refractivity contribution in [2.75, 3.05) is 7.11 Å². The van der Waals surface area contributed by atoms with E-state index >= 15 is 0 Å². The Kier molecular flexibility index (Phi) is 6.98. The van der Waals surface area contributed by atoms with Gasteiger partial charge in [-0.1, -0.05) is 54.1 Å². The first-order chi connectivity index (χ1) is 18.4. The summed E-state index contributed by atoms with van der Waals surface area (Å²) in [6.45, 7) is 0. The fourth-order valence-electron chi connectivity index (χ4n) is 4.74. The monoisotopic (exact) mass is 529 g/mol. The lowest BCUT2D eigenvalue weighted by Gasteiger charge is -2.22. The van der Waals surface area contributed by atoms with Crippen molar-refractivity contribution in [2.45, 2.75) is 25.3 Å². The van der Waals surface area contributed by atoms with Crippen molar-refractivity contribution in [3.8, 4) is 16.9 Å². The molecule has 0 spiro atoms. The van der Waals surface area contributed by atoms with Gasteiger partial charge >= 0.3 is 5.97 Å². The van der Waals surface area contributed by atoms with Crippen LogP contribution in [0.2, 0.25) is 5.02 Å². The Bertz CT molecular complexity index is 1610. The number of carboxylic acids is 1. The Labute approximate surface area is 223 Å². The highest BCUT2D eigenvalue weighted by atomic mass is 35.5. The molecule has 0 saturated carbocycles. The van der Waals surface area contributed by atoms with Gasteiger partial charge in [-0.3, -0.25) is 14.4 Å². The van der Waals surface area contributed by atoms with Crippen molar-refractivity contribution in [2.24, 2.45) is 5.10 Å². The molecule has 38 heavy (non-hydrogen) atoms. The number of rotatable bonds is 7. The summed E-state index contributed by atoms with van der Waals surface area (Å²) in [4.78, 5) is 40.8. The smallest absolute Gasteiger partial charge is 0.303 e. The van der Waals surface area contributed by atoms with Crippen molar-refractivity contribution >= 4 is 40.1 Å². The Morgan fingerprint density at radius 3 is 2.42 bits per heavy atom. The first kappa shape index (κ1) is 25.2. The number of para-hydroxylation sites is 1. The summed E-state index contributed by atoms with van der Waals surface area (Å²) in [7, 11) is 1.57. The van der Waals surface area contributed by atoms with Gasteiger partial charge in [-0.15, -0.1) is 0 Å². The van der Waals surface area contributed by atoms with Crippen LogP contribution in [-0.2, 0) is 9.59 Å². The number of halogens is 1. The first-order valence-electron chi connectivity index (χ1n) is 12.0. The lowest BCUT2D eigenvalue weighted by Crippen LogP contribution is -2.27. The Balaban J connectivity index is 1.67. The van der Waals surface area contributed by atoms with E-state index in [1.165, 1.54) is 5.01 Å². The minimum atomic E-state index is -1.07. The molecule has 1 atom stereocenters. The van der Waals surface area contributed by atoms with E-state index in [-0.39, 0.29) is 24.8 Å². The zero-order valence-corrected chi connectivity index (χ0v) is 21.2. The molecule has 1 unspecified atom stereocenters. The summed E-state index contributed by atoms with van der Waals surface area (Å²) in [5.74, 6) is -0.847. The first-order valence-corrected chi connectivity index (χ1v) is 12.4. The molecule has 3 aromatic carbocycles. The van der Waals surface area contributed by atoms with Gasteiger partial charge in [0.25, 0.3) is 5.56 Å². The summed E-state index contributed by atoms with van der Waals surface area (Å²) in [6, 6.07) is 21.4. The number of carbonyl (C=O) groups excluding carboxylic acids is 1. The summed E-state index contributed by atoms with van der Waals surface area (Å²) in [5, 5.41) is 16.5. The fourth-order valence-corrected chi connectivity index (χ4v) is 4.87. The van der Waals surface area contributed by atoms with Crippen LogP contribution in [0.4, 0.5) is 0 Å². The van der Waals surface area contributed by atoms with Crippen LogP contribution >= 0.6 is 11.6 Å². The molecule has 192 valence electrons. The quantitative estimate of drug-likeness (QED) is 0.333. The highest BCUT2D eigenvalue weighted by Gasteiger charge is 2.35. The number of methoxy groups -OCH3 is 1. The molecule has 2 heterocycles. The third-order valence-corrected chi connectivity index (χ3v) is 6.81. The van der Waals surface area contributed by atoms with Crippen molar-refractivity contribution in [1.82, 2.24) is 9.99 Å². The lowest BCUT2D eigenvalue weighted by molar-refractivity contribution is -0.141. The van der Waals surface area contributed by atoms with Gasteiger partial charge in [0, 0.05) is 34.3 Å². The minimum absolute atomic E-state index is 0.211. The number of amides is 1. The number of hydrogen-bond donors (Lipinski definition) is 2. The maximum Gasteiger partial charge on any atom is 0.303 e. The average molecular weight is 530 g/mol. The maximum atomic E-state index is 13.5. The minimum Gasteiger partial charge on any atom is -0.497 e. The summed E-state index contributed by atoms with van der Waals surface area (Å²) < 4.78 is 5.26. The van der Waals surface area contributed by atoms with Gasteiger partial charge in [0.2, 0.25) is 5.91 Å². The Morgan fingerprint density at radius 2 is 1.74 bits per heavy atom. The van der Waals surface area contributed by atoms with Crippen LogP contribution in [0.25, 0.3) is 22.0 Å². The molecule has 0 bridgehead atoms. The molecule has 2 N–H and O–H groups in total. The second kappa shape index (κ2) is 10.5. The van der Waals surface area contributed by atoms with Gasteiger partial charge in [0.15, 0.2) is 0 Å². The lowest BCUT2D eigenvalue weighted by atomic mass is 9.91. The van der Waals surface area contributed by atoms with Gasteiger partial charge in [-0.25, -0.2) is 5.01 Å². The maximum absolute atomic E-state index is 13.5. The second-order valence-corrected chi connectivity index (χ2v) is 9.36. The van der Waals surface area contributed by atoms with E-state index in [1.54, 1.807) is 31.4 Å². The number of fused-ring (bicyclic) bond motifs is 1. The molecule has 9 heteroatoms. The summed E-state index contributed by atoms with van der Waals surface area (Å²) >= 11 is 6.14. The number of aromatic amines is 1. The normalized spacial score (nSPS) is 14.9. The number of aromatic nitrogens is 1. The Hall–Kier alpha value is -4.43. The number of nitrogens with zero attached hydrogens (tertiary/aromatic N) is 2. The molecular formula is C29H24ClN3O5. The van der Waals surface area contributed by atoms with Crippen LogP contribution in [0.3, 0.4) is 0 Å². The Morgan fingerprint density at radius 1 is 1.03 bits per heavy atom. The topological polar surface area (TPSA) is 112 Å². The van der Waals surface area contributed by atoms with Crippen LogP contribution in [-0.4, -0.2) is 39.8 Å². The zero-order valence-electron chi connectivity index (χ0n) is 20.5. The van der Waals surface area contributed by atoms with Gasteiger partial charge in [-0.05, 0) is 41.5 Å². The van der Waals surface area contributed by atoms with Crippen LogP contribution in [0.15, 0.2) is 82.7 Å². The zero-order chi connectivity index (χ0) is 26.8. The number of H-pyrrole nitrogens is 1. The third kappa shape index (κ3) is 4.90. The molecule has 8 nitrogen and oxygen atoms in total. The molecule has 0 radical (unpaired) electrons. The SMILES string of the molecule is COc1ccc(C2CC(c3c(-c4ccc(Cl)cc4)c4ccccc4[nH]c3=O)=NN2C(=O)CCC(=O)O)cc1. The molecule has 1 aliphatic heterocycles. The van der Waals surface area contributed by atoms with E-state index in [0.717, 1.165) is 16.5 Å². The van der Waals surface area contributed by atoms with Gasteiger partial charge in [-0.2, -0.15) is 5.10 Å². The number of nitrogens with one attached hydrogen (secondary N) is 1. The number of benzene rings is 3. The van der Waals surface area contributed by atoms with Crippen molar-refractivity contribution in [1.29, 1.82) is 0 Å². The molecule has 4 aromatic rings. The van der Waals surface area contributed by atoms with Gasteiger partial charge in [0.05, 0.1) is 30.8 Å². The number of pyridine rings is 1. The number of aliphatic carboxylic acids is 1. The highest BCUT2D eigenvalue weighted by molar-refractivity contribution is 6.30. The third-order valence-electron chi connectivity index (χ3n) is 6.56. The molecule has 1 aliphatic rings. The van der Waals surface area contributed by atoms with Crippen LogP contribution in [0, 0.1) is 0 Å². The predicted octanol–water partition coefficient (Wildman–Crippen LogP) is 5.40. The molecule has 0 saturated heterocycles. The van der Waals surface area contributed by atoms with Gasteiger partial charge < -0.3 is 14.8 Å². The summed E-state index contributed by atoms with van der Waals surface area (Å²) in [6.07, 6.45) is -0.258. The predicted molar refractivity (Wildman–Crippen MR) is 146 cm³/mol. The number of hydrazone groups is 1. The molecule has 0 fully saturated rings. The van der Waals surface area contributed by atoms with Crippen LogP contribution in [0.5, 0.6) is 5.75 Å². The second-order valence-electron chi connectivity index (χ2n) is 8.93. The van der Waals surface area contributed by atoms with E-state index in [9.17, 15) is 14.4 Å². The average Bonchev–Trinajstić information content (AvgIpc) is 3.36. The number of hydrogen-bond acceptors (Lipinski definition) is 5. The fraction of sp³-hybridized carbons (Fsp3) is 0.172. The molecule has 0 aliphatic carbocycles. The van der Waals surface area contributed by atoms with E-state index in [1.807, 2.05) is 48.5 Å². The molecule has 1 amide bonds. The molecular weight excluding hydrogens is 506 g/mol. The van der Waals surface area contributed by atoms with Crippen molar-refractivity contribution in [3.05, 3.63) is 99.3 Å². The number of ether oxygens (including phenoxy) is 1. The van der Waals surface area contributed by atoms with E-state index in [2.05, 4.69) is 10.1 Å². The molecule has 1 aromatic heterocycles. The number of carbonyl (C=O) groups is 2. The van der Waals surface area contributed by atoms with Gasteiger partial charge in [0.1, 0.15) is 5.75 Å². The highest BCUT2D eigenvalue weighted by Crippen LogP contribution is 2.37. The standard InChI is InChI=1S/C29H24ClN3O5/c1-38-20-12-8-17(9-13-20)24-16-23(32-33(24)25(34)14-15-26(35)36)28-27(18-6-10-19(30)11-7-18)21-4-2-3-5-22(21)31-29(28)37/h2-13,24H,14-16H2,1H3,(H,31,37)(H,35,36). The van der Waals surface area contributed by atoms with Crippen molar-refractivity contribution < 1.29 is 19.4 Å². The summed E-state index contributed by atoms with van der Waals surface area (Å²) in [5.41, 5.74) is 3.40. The number of carboxylic acid groups (broad SMARTS) is 1. The largest absolute Gasteiger partial charge is 0.497 e. The van der Waals surface area contributed by atoms with Crippen LogP contribution in [0.1, 0.15) is 36.4 Å². The molecule has 5 rings (SSSR count). The van der Waals surface area contributed by atoms with E-state index in [4.69, 9.17) is 21.4 Å². The van der Waals surface area contributed by atoms with Crippen LogP contribution < -0.4 is 10.3 Å². The van der Waals surface area contributed by atoms with E-state index in [0.29, 0.717) is 33.1 Å². The van der Waals surface area contributed by atoms with Crippen molar-refractivity contribution in [3.63, 3.8) is 0 Å². The van der Waals surface area contributed by atoms with E-state index < -0.39 is 17.9 Å².